The van der Waals surface area contributed by atoms with Crippen molar-refractivity contribution in [1.29, 1.82) is 0 Å². The fourth-order valence-corrected chi connectivity index (χ4v) is 2.98. The lowest BCUT2D eigenvalue weighted by atomic mass is 10.0. The van der Waals surface area contributed by atoms with Crippen LogP contribution in [0.4, 0.5) is 5.69 Å². The highest BCUT2D eigenvalue weighted by molar-refractivity contribution is 6.42. The van der Waals surface area contributed by atoms with Crippen LogP contribution in [0.15, 0.2) is 64.9 Å². The van der Waals surface area contributed by atoms with Crippen molar-refractivity contribution in [2.24, 2.45) is 0 Å². The third-order valence-electron chi connectivity index (χ3n) is 4.03. The van der Waals surface area contributed by atoms with Crippen LogP contribution in [0.2, 0.25) is 0 Å². The Morgan fingerprint density at radius 1 is 0.857 bits per heavy atom. The van der Waals surface area contributed by atoms with Crippen LogP contribution < -0.4 is 5.32 Å². The van der Waals surface area contributed by atoms with Crippen LogP contribution in [0.1, 0.15) is 18.4 Å². The normalized spacial score (nSPS) is 19.8. The van der Waals surface area contributed by atoms with E-state index in [2.05, 4.69) is 5.32 Å². The van der Waals surface area contributed by atoms with Crippen molar-refractivity contribution in [1.82, 2.24) is 0 Å². The van der Waals surface area contributed by atoms with Gasteiger partial charge in [-0.1, -0.05) is 36.4 Å². The van der Waals surface area contributed by atoms with Crippen LogP contribution in [0.5, 0.6) is 0 Å². The molecule has 4 rings (SSSR count). The molecule has 0 unspecified atom stereocenters. The first kappa shape index (κ1) is 12.1. The Morgan fingerprint density at radius 3 is 2.24 bits per heavy atom. The number of ketones is 2. The molecule has 1 fully saturated rings. The van der Waals surface area contributed by atoms with Gasteiger partial charge in [-0.25, -0.2) is 0 Å². The second kappa shape index (κ2) is 4.42. The number of carbonyl (C=O) groups excluding carboxylic acids is 2. The van der Waals surface area contributed by atoms with Crippen molar-refractivity contribution in [3.05, 3.63) is 70.5 Å². The lowest BCUT2D eigenvalue weighted by molar-refractivity contribution is -0.115. The summed E-state index contributed by atoms with van der Waals surface area (Å²) < 4.78 is 0. The summed E-state index contributed by atoms with van der Waals surface area (Å²) >= 11 is 0. The largest absolute Gasteiger partial charge is 0.354 e. The number of rotatable bonds is 0. The van der Waals surface area contributed by atoms with Crippen LogP contribution in [0, 0.1) is 0 Å². The summed E-state index contributed by atoms with van der Waals surface area (Å²) in [6.45, 7) is 0. The Labute approximate surface area is 122 Å². The highest BCUT2D eigenvalue weighted by Gasteiger charge is 2.39. The fourth-order valence-electron chi connectivity index (χ4n) is 2.98. The lowest BCUT2D eigenvalue weighted by Crippen LogP contribution is -2.12. The first-order valence-electron chi connectivity index (χ1n) is 7.04. The topological polar surface area (TPSA) is 46.2 Å². The number of nitrogens with one attached hydrogen (secondary N) is 1. The zero-order valence-corrected chi connectivity index (χ0v) is 11.3. The SMILES string of the molecule is O=C1C2=CCCC=C2C(=O)C1=C1C=Cc2ccccc2N1. The van der Waals surface area contributed by atoms with E-state index < -0.39 is 0 Å². The molecule has 102 valence electrons. The molecule has 0 radical (unpaired) electrons. The molecule has 0 aromatic heterocycles. The van der Waals surface area contributed by atoms with Gasteiger partial charge in [0.2, 0.25) is 0 Å². The van der Waals surface area contributed by atoms with E-state index in [1.54, 1.807) is 0 Å². The summed E-state index contributed by atoms with van der Waals surface area (Å²) in [6.07, 6.45) is 9.15. The van der Waals surface area contributed by atoms with Crippen LogP contribution in [0.25, 0.3) is 6.08 Å². The van der Waals surface area contributed by atoms with E-state index in [4.69, 9.17) is 0 Å². The van der Waals surface area contributed by atoms with Crippen molar-refractivity contribution in [2.45, 2.75) is 12.8 Å². The van der Waals surface area contributed by atoms with Gasteiger partial charge < -0.3 is 5.32 Å². The first-order valence-corrected chi connectivity index (χ1v) is 7.04. The number of Topliss-reactive ketones (excluding diaryl/α,β-unsaturated/α-hetero) is 2. The van der Waals surface area contributed by atoms with Crippen molar-refractivity contribution in [3.8, 4) is 0 Å². The molecule has 3 heteroatoms. The summed E-state index contributed by atoms with van der Waals surface area (Å²) in [6, 6.07) is 7.81. The van der Waals surface area contributed by atoms with E-state index in [-0.39, 0.29) is 17.1 Å². The van der Waals surface area contributed by atoms with Gasteiger partial charge in [-0.05, 0) is 30.5 Å². The van der Waals surface area contributed by atoms with Crippen molar-refractivity contribution in [3.63, 3.8) is 0 Å². The molecule has 0 spiro atoms. The molecule has 1 heterocycles. The monoisotopic (exact) mass is 275 g/mol. The van der Waals surface area contributed by atoms with Gasteiger partial charge in [0.05, 0.1) is 11.3 Å². The number of anilines is 1. The second-order valence-electron chi connectivity index (χ2n) is 5.31. The number of allylic oxidation sites excluding steroid dienone is 6. The summed E-state index contributed by atoms with van der Waals surface area (Å²) in [5.41, 5.74) is 3.97. The van der Waals surface area contributed by atoms with E-state index >= 15 is 0 Å². The van der Waals surface area contributed by atoms with Crippen LogP contribution in [-0.4, -0.2) is 11.6 Å². The third-order valence-corrected chi connectivity index (χ3v) is 4.03. The molecule has 1 aromatic rings. The molecule has 3 aliphatic rings. The molecule has 2 aliphatic carbocycles. The summed E-state index contributed by atoms with van der Waals surface area (Å²) in [7, 11) is 0. The molecule has 0 amide bonds. The maximum absolute atomic E-state index is 12.5. The number of hydrogen-bond acceptors (Lipinski definition) is 3. The Morgan fingerprint density at radius 2 is 1.52 bits per heavy atom. The van der Waals surface area contributed by atoms with Gasteiger partial charge >= 0.3 is 0 Å². The molecule has 21 heavy (non-hydrogen) atoms. The first-order chi connectivity index (χ1) is 10.3. The minimum atomic E-state index is -0.155. The van der Waals surface area contributed by atoms with Crippen molar-refractivity contribution >= 4 is 23.3 Å². The van der Waals surface area contributed by atoms with Gasteiger partial charge in [-0.3, -0.25) is 9.59 Å². The van der Waals surface area contributed by atoms with Gasteiger partial charge in [0.15, 0.2) is 11.6 Å². The van der Waals surface area contributed by atoms with Gasteiger partial charge in [0.1, 0.15) is 0 Å². The van der Waals surface area contributed by atoms with E-state index in [0.717, 1.165) is 24.1 Å². The molecule has 0 saturated heterocycles. The van der Waals surface area contributed by atoms with Gasteiger partial charge in [0, 0.05) is 16.8 Å². The minimum Gasteiger partial charge on any atom is -0.354 e. The average molecular weight is 275 g/mol. The molecule has 1 aromatic carbocycles. The fraction of sp³-hybridized carbons (Fsp3) is 0.111. The standard InChI is InChI=1S/C18H13NO2/c20-17-12-6-2-3-7-13(12)18(21)16(17)15-10-9-11-5-1-4-8-14(11)19-15/h1,4-10,19H,2-3H2. The number of para-hydroxylation sites is 1. The zero-order chi connectivity index (χ0) is 14.4. The maximum Gasteiger partial charge on any atom is 0.199 e. The Balaban J connectivity index is 1.84. The molecule has 1 aliphatic heterocycles. The smallest absolute Gasteiger partial charge is 0.199 e. The minimum absolute atomic E-state index is 0.155. The predicted molar refractivity (Wildman–Crippen MR) is 81.5 cm³/mol. The van der Waals surface area contributed by atoms with Crippen LogP contribution in [0.3, 0.4) is 0 Å². The zero-order valence-electron chi connectivity index (χ0n) is 11.3. The Kier molecular flexibility index (Phi) is 2.54. The third kappa shape index (κ3) is 1.74. The second-order valence-corrected chi connectivity index (χ2v) is 5.31. The van der Waals surface area contributed by atoms with Crippen LogP contribution >= 0.6 is 0 Å². The quantitative estimate of drug-likeness (QED) is 0.584. The maximum atomic E-state index is 12.5. The number of hydrogen-bond donors (Lipinski definition) is 1. The van der Waals surface area contributed by atoms with Gasteiger partial charge in [-0.15, -0.1) is 0 Å². The van der Waals surface area contributed by atoms with E-state index in [0.29, 0.717) is 16.8 Å². The molecule has 0 bridgehead atoms. The molecule has 1 N–H and O–H groups in total. The highest BCUT2D eigenvalue weighted by Crippen LogP contribution is 2.36. The molecule has 0 atom stereocenters. The highest BCUT2D eigenvalue weighted by atomic mass is 16.2. The molecular weight excluding hydrogens is 262 g/mol. The predicted octanol–water partition coefficient (Wildman–Crippen LogP) is 3.18. The van der Waals surface area contributed by atoms with Crippen LogP contribution in [-0.2, 0) is 9.59 Å². The Bertz CT molecular complexity index is 772. The number of benzene rings is 1. The summed E-state index contributed by atoms with van der Waals surface area (Å²) in [4.78, 5) is 25.0. The molecule has 3 nitrogen and oxygen atoms in total. The molecule has 1 saturated carbocycles. The lowest BCUT2D eigenvalue weighted by Gasteiger charge is -2.16. The van der Waals surface area contributed by atoms with Crippen molar-refractivity contribution in [2.75, 3.05) is 5.32 Å². The van der Waals surface area contributed by atoms with Crippen molar-refractivity contribution < 1.29 is 9.59 Å². The number of carbonyl (C=O) groups is 2. The van der Waals surface area contributed by atoms with E-state index in [9.17, 15) is 9.59 Å². The van der Waals surface area contributed by atoms with Gasteiger partial charge in [-0.2, -0.15) is 0 Å². The summed E-state index contributed by atoms with van der Waals surface area (Å²) in [5.74, 6) is -0.310. The molecular formula is C18H13NO2. The van der Waals surface area contributed by atoms with Gasteiger partial charge in [0.25, 0.3) is 0 Å². The van der Waals surface area contributed by atoms with E-state index in [1.165, 1.54) is 0 Å². The summed E-state index contributed by atoms with van der Waals surface area (Å²) in [5, 5.41) is 3.21. The average Bonchev–Trinajstić information content (AvgIpc) is 2.79. The number of fused-ring (bicyclic) bond motifs is 2. The van der Waals surface area contributed by atoms with E-state index in [1.807, 2.05) is 48.6 Å². The Hall–Kier alpha value is -2.68.